The van der Waals surface area contributed by atoms with E-state index in [0.717, 1.165) is 0 Å². The van der Waals surface area contributed by atoms with Gasteiger partial charge >= 0.3 is 0 Å². The minimum absolute atomic E-state index is 0.0795. The van der Waals surface area contributed by atoms with Crippen LogP contribution < -0.4 is 10.6 Å². The first kappa shape index (κ1) is 20.7. The highest BCUT2D eigenvalue weighted by Crippen LogP contribution is 2.14. The predicted octanol–water partition coefficient (Wildman–Crippen LogP) is 1.87. The van der Waals surface area contributed by atoms with Crippen molar-refractivity contribution in [2.45, 2.75) is 40.2 Å². The van der Waals surface area contributed by atoms with Crippen LogP contribution in [0, 0.1) is 5.92 Å². The van der Waals surface area contributed by atoms with Gasteiger partial charge < -0.3 is 15.5 Å². The van der Waals surface area contributed by atoms with Gasteiger partial charge in [0.05, 0.1) is 6.54 Å². The maximum atomic E-state index is 12.6. The highest BCUT2D eigenvalue weighted by molar-refractivity contribution is 5.91. The van der Waals surface area contributed by atoms with Gasteiger partial charge in [-0.3, -0.25) is 14.4 Å². The number of hydrogen-bond acceptors (Lipinski definition) is 3. The average Bonchev–Trinajstić information content (AvgIpc) is 2.58. The van der Waals surface area contributed by atoms with Crippen LogP contribution in [0.3, 0.4) is 0 Å². The summed E-state index contributed by atoms with van der Waals surface area (Å²) in [7, 11) is 0. The summed E-state index contributed by atoms with van der Waals surface area (Å²) in [6.07, 6.45) is 0.342. The van der Waals surface area contributed by atoms with Crippen molar-refractivity contribution in [2.75, 3.05) is 19.6 Å². The molecule has 0 heterocycles. The number of benzene rings is 1. The van der Waals surface area contributed by atoms with Gasteiger partial charge in [0.1, 0.15) is 6.04 Å². The van der Waals surface area contributed by atoms with Crippen molar-refractivity contribution in [1.82, 2.24) is 15.5 Å². The second-order valence-corrected chi connectivity index (χ2v) is 6.29. The Bertz CT molecular complexity index is 569. The Labute approximate surface area is 150 Å². The Kier molecular flexibility index (Phi) is 8.67. The summed E-state index contributed by atoms with van der Waals surface area (Å²) in [4.78, 5) is 38.4. The summed E-state index contributed by atoms with van der Waals surface area (Å²) in [6, 6.07) is 8.23. The normalized spacial score (nSPS) is 11.7. The molecule has 1 unspecified atom stereocenters. The van der Waals surface area contributed by atoms with Crippen molar-refractivity contribution >= 4 is 17.7 Å². The minimum Gasteiger partial charge on any atom is -0.345 e. The molecule has 0 saturated carbocycles. The van der Waals surface area contributed by atoms with Crippen molar-refractivity contribution in [2.24, 2.45) is 5.92 Å². The fourth-order valence-electron chi connectivity index (χ4n) is 2.49. The number of hydrogen-bond donors (Lipinski definition) is 2. The van der Waals surface area contributed by atoms with Crippen molar-refractivity contribution in [3.05, 3.63) is 35.9 Å². The summed E-state index contributed by atoms with van der Waals surface area (Å²) < 4.78 is 0. The monoisotopic (exact) mass is 347 g/mol. The molecule has 0 saturated heterocycles. The Morgan fingerprint density at radius 2 is 1.64 bits per heavy atom. The van der Waals surface area contributed by atoms with Crippen LogP contribution in [-0.2, 0) is 14.4 Å². The molecule has 0 aliphatic rings. The lowest BCUT2D eigenvalue weighted by molar-refractivity contribution is -0.134. The van der Waals surface area contributed by atoms with Crippen LogP contribution in [0.1, 0.15) is 45.7 Å². The maximum Gasteiger partial charge on any atom is 0.247 e. The molecule has 25 heavy (non-hydrogen) atoms. The lowest BCUT2D eigenvalue weighted by Gasteiger charge is -2.22. The van der Waals surface area contributed by atoms with Gasteiger partial charge in [0.25, 0.3) is 0 Å². The third-order valence-electron chi connectivity index (χ3n) is 3.82. The summed E-state index contributed by atoms with van der Waals surface area (Å²) in [5.41, 5.74) is 0.687. The van der Waals surface area contributed by atoms with E-state index in [4.69, 9.17) is 0 Å². The molecule has 0 bridgehead atoms. The molecule has 138 valence electrons. The molecule has 0 aromatic heterocycles. The first-order valence-electron chi connectivity index (χ1n) is 8.78. The molecule has 6 nitrogen and oxygen atoms in total. The first-order valence-corrected chi connectivity index (χ1v) is 8.78. The van der Waals surface area contributed by atoms with Crippen LogP contribution in [0.5, 0.6) is 0 Å². The lowest BCUT2D eigenvalue weighted by atomic mass is 10.0. The fourth-order valence-corrected chi connectivity index (χ4v) is 2.49. The molecular formula is C19H29N3O3. The Morgan fingerprint density at radius 1 is 1.04 bits per heavy atom. The molecule has 0 radical (unpaired) electrons. The van der Waals surface area contributed by atoms with E-state index in [0.29, 0.717) is 25.1 Å². The molecule has 2 N–H and O–H groups in total. The number of nitrogens with one attached hydrogen (secondary N) is 2. The van der Waals surface area contributed by atoms with Gasteiger partial charge in [-0.15, -0.1) is 0 Å². The van der Waals surface area contributed by atoms with E-state index in [2.05, 4.69) is 10.6 Å². The van der Waals surface area contributed by atoms with Crippen molar-refractivity contribution in [3.8, 4) is 0 Å². The van der Waals surface area contributed by atoms with E-state index in [9.17, 15) is 14.4 Å². The van der Waals surface area contributed by atoms with Gasteiger partial charge in [-0.05, 0) is 25.3 Å². The van der Waals surface area contributed by atoms with E-state index in [1.165, 1.54) is 0 Å². The predicted molar refractivity (Wildman–Crippen MR) is 97.7 cm³/mol. The maximum absolute atomic E-state index is 12.6. The average molecular weight is 347 g/mol. The molecule has 1 aromatic carbocycles. The van der Waals surface area contributed by atoms with Crippen molar-refractivity contribution in [3.63, 3.8) is 0 Å². The first-order chi connectivity index (χ1) is 11.9. The van der Waals surface area contributed by atoms with Crippen LogP contribution >= 0.6 is 0 Å². The van der Waals surface area contributed by atoms with Crippen LogP contribution in [0.25, 0.3) is 0 Å². The molecule has 1 aromatic rings. The number of carbonyl (C=O) groups excluding carboxylic acids is 3. The molecular weight excluding hydrogens is 318 g/mol. The number of amides is 3. The zero-order valence-electron chi connectivity index (χ0n) is 15.5. The van der Waals surface area contributed by atoms with Crippen LogP contribution in [0.2, 0.25) is 0 Å². The number of rotatable bonds is 9. The van der Waals surface area contributed by atoms with Crippen LogP contribution in [0.15, 0.2) is 30.3 Å². The molecule has 0 fully saturated rings. The Balaban J connectivity index is 2.79. The summed E-state index contributed by atoms with van der Waals surface area (Å²) >= 11 is 0. The van der Waals surface area contributed by atoms with Crippen molar-refractivity contribution in [1.29, 1.82) is 0 Å². The van der Waals surface area contributed by atoms with Crippen molar-refractivity contribution < 1.29 is 14.4 Å². The largest absolute Gasteiger partial charge is 0.345 e. The molecule has 6 heteroatoms. The van der Waals surface area contributed by atoms with E-state index < -0.39 is 6.04 Å². The van der Waals surface area contributed by atoms with Gasteiger partial charge in [-0.2, -0.15) is 0 Å². The molecule has 0 spiro atoms. The zero-order chi connectivity index (χ0) is 18.8. The Hall–Kier alpha value is -2.37. The molecule has 3 amide bonds. The standard InChI is InChI=1S/C19H29N3O3/c1-5-22(6-2)17(24)13-20-19(25)18(15-10-8-7-9-11-15)21-16(23)12-14(3)4/h7-11,14,18H,5-6,12-13H2,1-4H3,(H,20,25)(H,21,23). The Morgan fingerprint density at radius 3 is 2.16 bits per heavy atom. The summed E-state index contributed by atoms with van der Waals surface area (Å²) in [5.74, 6) is -0.514. The third-order valence-corrected chi connectivity index (χ3v) is 3.82. The SMILES string of the molecule is CCN(CC)C(=O)CNC(=O)C(NC(=O)CC(C)C)c1ccccc1. The highest BCUT2D eigenvalue weighted by atomic mass is 16.2. The van der Waals surface area contributed by atoms with Gasteiger partial charge in [0.15, 0.2) is 0 Å². The quantitative estimate of drug-likeness (QED) is 0.716. The highest BCUT2D eigenvalue weighted by Gasteiger charge is 2.23. The second-order valence-electron chi connectivity index (χ2n) is 6.29. The van der Waals surface area contributed by atoms with E-state index >= 15 is 0 Å². The second kappa shape index (κ2) is 10.5. The van der Waals surface area contributed by atoms with Crippen LogP contribution in [-0.4, -0.2) is 42.3 Å². The zero-order valence-corrected chi connectivity index (χ0v) is 15.5. The minimum atomic E-state index is -0.808. The molecule has 1 atom stereocenters. The molecule has 1 rings (SSSR count). The van der Waals surface area contributed by atoms with E-state index in [1.54, 1.807) is 17.0 Å². The molecule has 0 aliphatic carbocycles. The third kappa shape index (κ3) is 6.95. The molecule has 0 aliphatic heterocycles. The smallest absolute Gasteiger partial charge is 0.247 e. The lowest BCUT2D eigenvalue weighted by Crippen LogP contribution is -2.45. The number of carbonyl (C=O) groups is 3. The van der Waals surface area contributed by atoms with E-state index in [1.807, 2.05) is 45.9 Å². The van der Waals surface area contributed by atoms with Gasteiger partial charge in [0, 0.05) is 19.5 Å². The van der Waals surface area contributed by atoms with E-state index in [-0.39, 0.29) is 30.2 Å². The number of likely N-dealkylation sites (N-methyl/N-ethyl adjacent to an activating group) is 1. The van der Waals surface area contributed by atoms with Gasteiger partial charge in [0.2, 0.25) is 17.7 Å². The summed E-state index contributed by atoms with van der Waals surface area (Å²) in [5, 5.41) is 5.41. The fraction of sp³-hybridized carbons (Fsp3) is 0.526. The summed E-state index contributed by atoms with van der Waals surface area (Å²) in [6.45, 7) is 8.78. The topological polar surface area (TPSA) is 78.5 Å². The van der Waals surface area contributed by atoms with Gasteiger partial charge in [-0.25, -0.2) is 0 Å². The number of nitrogens with zero attached hydrogens (tertiary/aromatic N) is 1. The van der Waals surface area contributed by atoms with Gasteiger partial charge in [-0.1, -0.05) is 44.2 Å². The van der Waals surface area contributed by atoms with Crippen LogP contribution in [0.4, 0.5) is 0 Å².